The largest absolute Gasteiger partial charge is 0.280 e. The van der Waals surface area contributed by atoms with Crippen molar-refractivity contribution in [3.63, 3.8) is 0 Å². The Kier molecular flexibility index (Phi) is 5.70. The van der Waals surface area contributed by atoms with Crippen molar-refractivity contribution in [2.45, 2.75) is 32.1 Å². The average molecular weight is 489 g/mol. The predicted molar refractivity (Wildman–Crippen MR) is 129 cm³/mol. The first-order valence-electron chi connectivity index (χ1n) is 11.0. The highest BCUT2D eigenvalue weighted by Crippen LogP contribution is 2.55. The Labute approximate surface area is 205 Å². The quantitative estimate of drug-likeness (QED) is 0.354. The highest BCUT2D eigenvalue weighted by atomic mass is 35.5. The van der Waals surface area contributed by atoms with Gasteiger partial charge in [0.2, 0.25) is 0 Å². The zero-order chi connectivity index (χ0) is 24.9. The molecule has 5 nitrogen and oxygen atoms in total. The van der Waals surface area contributed by atoms with E-state index in [0.717, 1.165) is 17.5 Å². The van der Waals surface area contributed by atoms with Crippen LogP contribution in [-0.4, -0.2) is 14.5 Å². The number of nitrogens with zero attached hydrogens (tertiary/aromatic N) is 4. The molecule has 0 N–H and O–H groups in total. The Morgan fingerprint density at radius 1 is 1.09 bits per heavy atom. The van der Waals surface area contributed by atoms with Crippen molar-refractivity contribution >= 4 is 11.6 Å². The molecule has 174 valence electrons. The van der Waals surface area contributed by atoms with Crippen molar-refractivity contribution < 1.29 is 8.78 Å². The molecule has 0 unspecified atom stereocenters. The van der Waals surface area contributed by atoms with Crippen molar-refractivity contribution in [1.29, 1.82) is 5.26 Å². The summed E-state index contributed by atoms with van der Waals surface area (Å²) < 4.78 is 29.5. The minimum absolute atomic E-state index is 0.0819. The number of benzene rings is 1. The maximum Gasteiger partial charge on any atom is 0.274 e. The highest BCUT2D eigenvalue weighted by Gasteiger charge is 2.41. The van der Waals surface area contributed by atoms with Crippen LogP contribution >= 0.6 is 11.6 Å². The van der Waals surface area contributed by atoms with Crippen LogP contribution in [0.2, 0.25) is 5.02 Å². The highest BCUT2D eigenvalue weighted by molar-refractivity contribution is 6.31. The Hall–Kier alpha value is -3.89. The lowest BCUT2D eigenvalue weighted by atomic mass is 10.0. The summed E-state index contributed by atoms with van der Waals surface area (Å²) in [5, 5.41) is 9.23. The number of halogens is 3. The van der Waals surface area contributed by atoms with Gasteiger partial charge in [-0.25, -0.2) is 13.8 Å². The number of hydrogen-bond acceptors (Lipinski definition) is 4. The van der Waals surface area contributed by atoms with Gasteiger partial charge in [-0.05, 0) is 79.1 Å². The van der Waals surface area contributed by atoms with E-state index in [1.807, 2.05) is 13.0 Å². The van der Waals surface area contributed by atoms with E-state index >= 15 is 0 Å². The zero-order valence-electron chi connectivity index (χ0n) is 18.9. The second kappa shape index (κ2) is 8.71. The molecule has 5 rings (SSSR count). The number of hydrogen-bond donors (Lipinski definition) is 0. The van der Waals surface area contributed by atoms with Crippen molar-refractivity contribution in [1.82, 2.24) is 14.5 Å². The first-order chi connectivity index (χ1) is 16.8. The molecule has 35 heavy (non-hydrogen) atoms. The summed E-state index contributed by atoms with van der Waals surface area (Å²) in [6.45, 7) is 3.62. The fraction of sp³-hybridized carbons (Fsp3) is 0.185. The SMILES string of the molecule is Cc1cnc(-c2ccnc(C#N)c2F)cc1-n1c(C)cc([C@H]2C[C@@H]2c2ccc(F)cc2)c(Cl)c1=O. The molecule has 0 aliphatic heterocycles. The minimum atomic E-state index is -0.768. The zero-order valence-corrected chi connectivity index (χ0v) is 19.6. The van der Waals surface area contributed by atoms with Gasteiger partial charge < -0.3 is 0 Å². The third-order valence-electron chi connectivity index (χ3n) is 6.44. The molecule has 3 aromatic heterocycles. The Balaban J connectivity index is 1.56. The van der Waals surface area contributed by atoms with Crippen LogP contribution in [-0.2, 0) is 0 Å². The van der Waals surface area contributed by atoms with Gasteiger partial charge in [0, 0.05) is 23.7 Å². The van der Waals surface area contributed by atoms with Gasteiger partial charge in [0.05, 0.1) is 11.4 Å². The number of nitriles is 1. The lowest BCUT2D eigenvalue weighted by Gasteiger charge is -2.17. The Bertz CT molecular complexity index is 1570. The van der Waals surface area contributed by atoms with Crippen LogP contribution in [0.4, 0.5) is 8.78 Å². The van der Waals surface area contributed by atoms with Gasteiger partial charge in [-0.3, -0.25) is 14.3 Å². The Morgan fingerprint density at radius 2 is 1.83 bits per heavy atom. The summed E-state index contributed by atoms with van der Waals surface area (Å²) >= 11 is 6.59. The van der Waals surface area contributed by atoms with Gasteiger partial charge in [-0.1, -0.05) is 23.7 Å². The molecule has 0 bridgehead atoms. The van der Waals surface area contributed by atoms with E-state index in [1.54, 1.807) is 37.4 Å². The monoisotopic (exact) mass is 488 g/mol. The van der Waals surface area contributed by atoms with E-state index in [2.05, 4.69) is 9.97 Å². The number of aryl methyl sites for hydroxylation is 2. The molecular weight excluding hydrogens is 470 g/mol. The van der Waals surface area contributed by atoms with Gasteiger partial charge in [0.15, 0.2) is 11.5 Å². The van der Waals surface area contributed by atoms with Crippen molar-refractivity contribution in [3.8, 4) is 23.0 Å². The topological polar surface area (TPSA) is 71.6 Å². The second-order valence-corrected chi connectivity index (χ2v) is 9.06. The van der Waals surface area contributed by atoms with Crippen LogP contribution in [0.15, 0.2) is 59.7 Å². The summed E-state index contributed by atoms with van der Waals surface area (Å²) in [5.74, 6) is -0.792. The van der Waals surface area contributed by atoms with E-state index in [4.69, 9.17) is 16.9 Å². The molecule has 1 aromatic carbocycles. The van der Waals surface area contributed by atoms with E-state index in [1.165, 1.54) is 29.0 Å². The average Bonchev–Trinajstić information content (AvgIpc) is 3.64. The molecule has 0 radical (unpaired) electrons. The summed E-state index contributed by atoms with van der Waals surface area (Å²) in [7, 11) is 0. The van der Waals surface area contributed by atoms with Crippen LogP contribution in [0, 0.1) is 36.8 Å². The molecule has 0 spiro atoms. The molecule has 1 fully saturated rings. The van der Waals surface area contributed by atoms with E-state index in [0.29, 0.717) is 16.9 Å². The summed E-state index contributed by atoms with van der Waals surface area (Å²) in [6, 6.07) is 13.1. The van der Waals surface area contributed by atoms with Crippen LogP contribution in [0.25, 0.3) is 16.9 Å². The molecule has 3 heterocycles. The van der Waals surface area contributed by atoms with Crippen LogP contribution < -0.4 is 5.56 Å². The normalized spacial score (nSPS) is 16.7. The Morgan fingerprint density at radius 3 is 2.54 bits per heavy atom. The van der Waals surface area contributed by atoms with E-state index < -0.39 is 5.82 Å². The van der Waals surface area contributed by atoms with Gasteiger partial charge in [-0.2, -0.15) is 5.26 Å². The van der Waals surface area contributed by atoms with Gasteiger partial charge in [0.25, 0.3) is 5.56 Å². The fourth-order valence-electron chi connectivity index (χ4n) is 4.54. The molecule has 1 aliphatic carbocycles. The second-order valence-electron chi connectivity index (χ2n) is 8.68. The standard InChI is InChI=1S/C27H19ClF2N4O/c1-14-13-33-22(18-7-8-32-23(12-31)26(18)30)11-24(14)34-15(2)9-21(25(28)27(34)35)20-10-19(20)16-3-5-17(29)6-4-16/h3-9,11,13,19-20H,10H2,1-2H3/t19-,20+/m1/s1. The molecule has 0 amide bonds. The lowest BCUT2D eigenvalue weighted by Crippen LogP contribution is -2.23. The minimum Gasteiger partial charge on any atom is -0.280 e. The summed E-state index contributed by atoms with van der Waals surface area (Å²) in [6.07, 6.45) is 3.72. The first-order valence-corrected chi connectivity index (χ1v) is 11.4. The molecule has 4 aromatic rings. The van der Waals surface area contributed by atoms with Crippen molar-refractivity contribution in [3.05, 3.63) is 110 Å². The van der Waals surface area contributed by atoms with Gasteiger partial charge in [-0.15, -0.1) is 0 Å². The molecule has 0 saturated heterocycles. The van der Waals surface area contributed by atoms with E-state index in [9.17, 15) is 13.6 Å². The van der Waals surface area contributed by atoms with Crippen molar-refractivity contribution in [2.75, 3.05) is 0 Å². The van der Waals surface area contributed by atoms with Gasteiger partial charge >= 0.3 is 0 Å². The maximum atomic E-state index is 14.7. The van der Waals surface area contributed by atoms with Gasteiger partial charge in [0.1, 0.15) is 16.9 Å². The maximum absolute atomic E-state index is 14.7. The number of aromatic nitrogens is 3. The lowest BCUT2D eigenvalue weighted by molar-refractivity contribution is 0.619. The summed E-state index contributed by atoms with van der Waals surface area (Å²) in [5.41, 5.74) is 3.36. The third-order valence-corrected chi connectivity index (χ3v) is 6.82. The molecule has 1 aliphatic rings. The third kappa shape index (κ3) is 4.00. The molecule has 2 atom stereocenters. The molecule has 1 saturated carbocycles. The fourth-order valence-corrected chi connectivity index (χ4v) is 4.82. The van der Waals surface area contributed by atoms with Crippen LogP contribution in [0.3, 0.4) is 0 Å². The van der Waals surface area contributed by atoms with Crippen LogP contribution in [0.1, 0.15) is 46.3 Å². The number of rotatable bonds is 4. The van der Waals surface area contributed by atoms with E-state index in [-0.39, 0.29) is 45.2 Å². The molecular formula is C27H19ClF2N4O. The first kappa shape index (κ1) is 22.9. The summed E-state index contributed by atoms with van der Waals surface area (Å²) in [4.78, 5) is 21.5. The number of pyridine rings is 3. The van der Waals surface area contributed by atoms with Crippen molar-refractivity contribution in [2.24, 2.45) is 0 Å². The molecule has 8 heteroatoms. The predicted octanol–water partition coefficient (Wildman–Crippen LogP) is 5.99. The van der Waals surface area contributed by atoms with Crippen LogP contribution in [0.5, 0.6) is 0 Å². The smallest absolute Gasteiger partial charge is 0.274 e.